The Kier molecular flexibility index (Phi) is 11.7. The molecule has 0 unspecified atom stereocenters. The summed E-state index contributed by atoms with van der Waals surface area (Å²) in [6.45, 7) is 12.7. The average Bonchev–Trinajstić information content (AvgIpc) is 3.51. The maximum absolute atomic E-state index is 13.9. The second kappa shape index (κ2) is 14.1. The molecule has 12 heteroatoms. The number of carbonyl (C=O) groups excluding carboxylic acids is 3. The molecule has 2 rings (SSSR count). The van der Waals surface area contributed by atoms with Gasteiger partial charge in [-0.25, -0.2) is 14.6 Å². The summed E-state index contributed by atoms with van der Waals surface area (Å²) in [4.78, 5) is 58.9. The van der Waals surface area contributed by atoms with Gasteiger partial charge >= 0.3 is 12.1 Å². The molecule has 0 saturated carbocycles. The lowest BCUT2D eigenvalue weighted by atomic mass is 9.91. The molecular weight excluding hydrogens is 522 g/mol. The predicted molar refractivity (Wildman–Crippen MR) is 150 cm³/mol. The van der Waals surface area contributed by atoms with Crippen molar-refractivity contribution in [1.29, 1.82) is 0 Å². The molecule has 1 aromatic rings. The molecule has 1 aromatic heterocycles. The molecular formula is C27H45N5O6S. The Hall–Kier alpha value is -2.73. The van der Waals surface area contributed by atoms with Crippen LogP contribution in [0.2, 0.25) is 0 Å². The summed E-state index contributed by atoms with van der Waals surface area (Å²) >= 11 is 1.09. The van der Waals surface area contributed by atoms with Crippen LogP contribution in [0.3, 0.4) is 0 Å². The lowest BCUT2D eigenvalue weighted by Crippen LogP contribution is -2.60. The minimum atomic E-state index is -1.17. The van der Waals surface area contributed by atoms with Crippen LogP contribution in [-0.4, -0.2) is 88.6 Å². The Morgan fingerprint density at radius 3 is 2.41 bits per heavy atom. The summed E-state index contributed by atoms with van der Waals surface area (Å²) in [5, 5.41) is 16.7. The van der Waals surface area contributed by atoms with Crippen LogP contribution in [0.25, 0.3) is 0 Å². The standard InChI is InChI=1S/C27H45N5O6S/c1-9-17(5)21(30-25(36)27(6)12-11-13-31(27)7)23(33)32(8)19(16(3)4)14-20(38-26(37)28-10-2)22-29-18(15-39-22)24(34)35/h15-17,19-21H,9-14H2,1-8H3,(H,28,37)(H,30,36)(H,34,35)/t17-,19+,20+,21-,27+/m0/s1. The highest BCUT2D eigenvalue weighted by molar-refractivity contribution is 7.09. The molecule has 1 saturated heterocycles. The third-order valence-corrected chi connectivity index (χ3v) is 8.85. The molecule has 220 valence electrons. The topological polar surface area (TPSA) is 141 Å². The molecule has 1 fully saturated rings. The molecule has 0 radical (unpaired) electrons. The summed E-state index contributed by atoms with van der Waals surface area (Å²) in [6.07, 6.45) is 1.05. The van der Waals surface area contributed by atoms with Crippen molar-refractivity contribution < 1.29 is 29.0 Å². The minimum Gasteiger partial charge on any atom is -0.476 e. The number of rotatable bonds is 13. The molecule has 0 spiro atoms. The van der Waals surface area contributed by atoms with E-state index in [2.05, 4.69) is 15.6 Å². The van der Waals surface area contributed by atoms with Crippen molar-refractivity contribution in [2.75, 3.05) is 27.2 Å². The Morgan fingerprint density at radius 2 is 1.92 bits per heavy atom. The zero-order chi connectivity index (χ0) is 29.5. The van der Waals surface area contributed by atoms with Gasteiger partial charge in [0.1, 0.15) is 11.0 Å². The van der Waals surface area contributed by atoms with Crippen LogP contribution in [0.5, 0.6) is 0 Å². The fourth-order valence-corrected chi connectivity index (χ4v) is 5.73. The van der Waals surface area contributed by atoms with E-state index >= 15 is 0 Å². The number of likely N-dealkylation sites (tertiary alicyclic amines) is 1. The van der Waals surface area contributed by atoms with Crippen molar-refractivity contribution in [3.8, 4) is 0 Å². The van der Waals surface area contributed by atoms with Gasteiger partial charge in [0.15, 0.2) is 11.8 Å². The number of nitrogens with zero attached hydrogens (tertiary/aromatic N) is 3. The van der Waals surface area contributed by atoms with Crippen molar-refractivity contribution in [1.82, 2.24) is 25.4 Å². The number of ether oxygens (including phenoxy) is 1. The zero-order valence-electron chi connectivity index (χ0n) is 24.4. The first-order valence-corrected chi connectivity index (χ1v) is 14.6. The second-order valence-electron chi connectivity index (χ2n) is 10.9. The number of hydrogen-bond acceptors (Lipinski definition) is 8. The van der Waals surface area contributed by atoms with Crippen molar-refractivity contribution in [3.05, 3.63) is 16.1 Å². The highest BCUT2D eigenvalue weighted by Gasteiger charge is 2.44. The lowest BCUT2D eigenvalue weighted by Gasteiger charge is -2.38. The van der Waals surface area contributed by atoms with Crippen molar-refractivity contribution in [2.45, 2.75) is 91.0 Å². The maximum atomic E-state index is 13.9. The van der Waals surface area contributed by atoms with Crippen LogP contribution in [0.15, 0.2) is 5.38 Å². The fourth-order valence-electron chi connectivity index (χ4n) is 4.89. The fraction of sp³-hybridized carbons (Fsp3) is 0.741. The van der Waals surface area contributed by atoms with Crippen LogP contribution in [0.1, 0.15) is 88.8 Å². The summed E-state index contributed by atoms with van der Waals surface area (Å²) < 4.78 is 5.66. The van der Waals surface area contributed by atoms with E-state index in [1.807, 2.05) is 46.6 Å². The van der Waals surface area contributed by atoms with E-state index in [-0.39, 0.29) is 41.8 Å². The summed E-state index contributed by atoms with van der Waals surface area (Å²) in [5.41, 5.74) is -0.796. The van der Waals surface area contributed by atoms with Gasteiger partial charge in [0.2, 0.25) is 11.8 Å². The van der Waals surface area contributed by atoms with Gasteiger partial charge in [0.05, 0.1) is 5.54 Å². The van der Waals surface area contributed by atoms with Gasteiger partial charge in [0, 0.05) is 31.4 Å². The first-order chi connectivity index (χ1) is 18.3. The number of carboxylic acid groups (broad SMARTS) is 1. The van der Waals surface area contributed by atoms with Gasteiger partial charge < -0.3 is 25.4 Å². The molecule has 3 amide bonds. The lowest BCUT2D eigenvalue weighted by molar-refractivity contribution is -0.142. The van der Waals surface area contributed by atoms with Crippen molar-refractivity contribution in [2.24, 2.45) is 11.8 Å². The number of aromatic carboxylic acids is 1. The molecule has 1 aliphatic heterocycles. The Labute approximate surface area is 235 Å². The molecule has 39 heavy (non-hydrogen) atoms. The number of aromatic nitrogens is 1. The number of likely N-dealkylation sites (N-methyl/N-ethyl adjacent to an activating group) is 2. The zero-order valence-corrected chi connectivity index (χ0v) is 25.3. The van der Waals surface area contributed by atoms with Crippen LogP contribution in [0, 0.1) is 11.8 Å². The Balaban J connectivity index is 2.33. The smallest absolute Gasteiger partial charge is 0.407 e. The quantitative estimate of drug-likeness (QED) is 0.329. The van der Waals surface area contributed by atoms with Gasteiger partial charge in [-0.2, -0.15) is 0 Å². The van der Waals surface area contributed by atoms with Gasteiger partial charge in [-0.05, 0) is 52.1 Å². The number of thiazole rings is 1. The average molecular weight is 568 g/mol. The van der Waals surface area contributed by atoms with E-state index < -0.39 is 29.7 Å². The first-order valence-electron chi connectivity index (χ1n) is 13.7. The second-order valence-corrected chi connectivity index (χ2v) is 11.8. The van der Waals surface area contributed by atoms with Crippen LogP contribution in [-0.2, 0) is 14.3 Å². The van der Waals surface area contributed by atoms with Crippen molar-refractivity contribution >= 4 is 35.2 Å². The predicted octanol–water partition coefficient (Wildman–Crippen LogP) is 3.52. The third kappa shape index (κ3) is 7.91. The summed E-state index contributed by atoms with van der Waals surface area (Å²) in [7, 11) is 3.63. The number of alkyl carbamates (subject to hydrolysis) is 1. The van der Waals surface area contributed by atoms with Gasteiger partial charge in [0.25, 0.3) is 0 Å². The molecule has 5 atom stereocenters. The summed E-state index contributed by atoms with van der Waals surface area (Å²) in [5.74, 6) is -1.69. The minimum absolute atomic E-state index is 0.0371. The van der Waals surface area contributed by atoms with Gasteiger partial charge in [-0.15, -0.1) is 11.3 Å². The number of nitrogens with one attached hydrogen (secondary N) is 2. The molecule has 3 N–H and O–H groups in total. The highest BCUT2D eigenvalue weighted by Crippen LogP contribution is 2.32. The Morgan fingerprint density at radius 1 is 1.26 bits per heavy atom. The highest BCUT2D eigenvalue weighted by atomic mass is 32.1. The van der Waals surface area contributed by atoms with Crippen LogP contribution < -0.4 is 10.6 Å². The van der Waals surface area contributed by atoms with Gasteiger partial charge in [-0.3, -0.25) is 14.5 Å². The number of carbonyl (C=O) groups is 4. The van der Waals surface area contributed by atoms with E-state index in [1.54, 1.807) is 18.9 Å². The number of carboxylic acids is 1. The molecule has 0 bridgehead atoms. The van der Waals surface area contributed by atoms with Gasteiger partial charge in [-0.1, -0.05) is 34.1 Å². The Bertz CT molecular complexity index is 1020. The van der Waals surface area contributed by atoms with Crippen molar-refractivity contribution in [3.63, 3.8) is 0 Å². The molecule has 0 aromatic carbocycles. The third-order valence-electron chi connectivity index (χ3n) is 7.91. The molecule has 11 nitrogen and oxygen atoms in total. The van der Waals surface area contributed by atoms with Crippen LogP contribution >= 0.6 is 11.3 Å². The molecule has 1 aliphatic rings. The SMILES string of the molecule is CCNC(=O)O[C@H](C[C@H](C(C)C)N(C)C(=O)[C@@H](NC(=O)[C@@]1(C)CCCN1C)[C@@H](C)CC)c1nc(C(=O)O)cs1. The number of hydrogen-bond donors (Lipinski definition) is 3. The largest absolute Gasteiger partial charge is 0.476 e. The molecule has 0 aliphatic carbocycles. The number of amides is 3. The normalized spacial score (nSPS) is 20.6. The maximum Gasteiger partial charge on any atom is 0.407 e. The van der Waals surface area contributed by atoms with E-state index in [1.165, 1.54) is 5.38 Å². The first kappa shape index (κ1) is 32.5. The van der Waals surface area contributed by atoms with E-state index in [9.17, 15) is 24.3 Å². The summed E-state index contributed by atoms with van der Waals surface area (Å²) in [6, 6.07) is -1.11. The van der Waals surface area contributed by atoms with E-state index in [0.717, 1.165) is 30.7 Å². The van der Waals surface area contributed by atoms with E-state index in [0.29, 0.717) is 18.0 Å². The van der Waals surface area contributed by atoms with E-state index in [4.69, 9.17) is 4.74 Å². The van der Waals surface area contributed by atoms with Crippen LogP contribution in [0.4, 0.5) is 4.79 Å². The monoisotopic (exact) mass is 567 g/mol. The molecule has 2 heterocycles.